The van der Waals surface area contributed by atoms with Crippen molar-refractivity contribution in [3.63, 3.8) is 0 Å². The summed E-state index contributed by atoms with van der Waals surface area (Å²) < 4.78 is 19.6. The van der Waals surface area contributed by atoms with E-state index in [-0.39, 0.29) is 12.2 Å². The van der Waals surface area contributed by atoms with Gasteiger partial charge in [-0.1, -0.05) is 40.2 Å². The summed E-state index contributed by atoms with van der Waals surface area (Å²) in [4.78, 5) is 0. The maximum atomic E-state index is 13.7. The lowest BCUT2D eigenvalue weighted by atomic mass is 9.99. The molecule has 1 unspecified atom stereocenters. The Morgan fingerprint density at radius 3 is 2.80 bits per heavy atom. The van der Waals surface area contributed by atoms with E-state index in [1.165, 1.54) is 6.07 Å². The fourth-order valence-corrected chi connectivity index (χ4v) is 2.49. The Hall–Kier alpha value is -1.23. The van der Waals surface area contributed by atoms with Crippen LogP contribution in [0.15, 0.2) is 46.9 Å². The molecule has 0 aliphatic carbocycles. The molecule has 2 aromatic carbocycles. The largest absolute Gasteiger partial charge is 0.388 e. The minimum Gasteiger partial charge on any atom is -0.388 e. The Morgan fingerprint density at radius 2 is 2.05 bits per heavy atom. The number of methoxy groups -OCH3 is 1. The highest BCUT2D eigenvalue weighted by Crippen LogP contribution is 2.23. The zero-order chi connectivity index (χ0) is 14.5. The molecule has 2 nitrogen and oxygen atoms in total. The predicted octanol–water partition coefficient (Wildman–Crippen LogP) is 4.01. The summed E-state index contributed by atoms with van der Waals surface area (Å²) in [7, 11) is 1.62. The van der Waals surface area contributed by atoms with E-state index in [1.807, 2.05) is 24.3 Å². The molecular weight excluding hydrogens is 323 g/mol. The molecule has 0 spiro atoms. The minimum atomic E-state index is -0.740. The summed E-state index contributed by atoms with van der Waals surface area (Å²) in [5, 5.41) is 10.3. The molecule has 0 saturated carbocycles. The molecule has 0 fully saturated rings. The Labute approximate surface area is 126 Å². The second kappa shape index (κ2) is 6.97. The van der Waals surface area contributed by atoms with Crippen LogP contribution in [0.3, 0.4) is 0 Å². The first-order valence-corrected chi connectivity index (χ1v) is 7.09. The van der Waals surface area contributed by atoms with Crippen LogP contribution in [0.5, 0.6) is 0 Å². The summed E-state index contributed by atoms with van der Waals surface area (Å²) in [6.45, 7) is 0.492. The minimum absolute atomic E-state index is 0.238. The summed E-state index contributed by atoms with van der Waals surface area (Å²) in [5.74, 6) is -0.305. The molecule has 2 aromatic rings. The molecule has 0 heterocycles. The van der Waals surface area contributed by atoms with Crippen molar-refractivity contribution in [3.8, 4) is 0 Å². The molecule has 2 rings (SSSR count). The van der Waals surface area contributed by atoms with E-state index >= 15 is 0 Å². The molecule has 0 radical (unpaired) electrons. The van der Waals surface area contributed by atoms with Gasteiger partial charge in [0.2, 0.25) is 0 Å². The zero-order valence-corrected chi connectivity index (χ0v) is 12.7. The first-order valence-electron chi connectivity index (χ1n) is 6.30. The first-order chi connectivity index (χ1) is 9.60. The highest BCUT2D eigenvalue weighted by molar-refractivity contribution is 9.10. The van der Waals surface area contributed by atoms with E-state index < -0.39 is 6.10 Å². The van der Waals surface area contributed by atoms with Crippen LogP contribution in [0.25, 0.3) is 0 Å². The topological polar surface area (TPSA) is 29.5 Å². The Morgan fingerprint density at radius 1 is 1.25 bits per heavy atom. The predicted molar refractivity (Wildman–Crippen MR) is 79.9 cm³/mol. The van der Waals surface area contributed by atoms with E-state index in [9.17, 15) is 9.50 Å². The number of benzene rings is 2. The van der Waals surface area contributed by atoms with E-state index in [0.717, 1.165) is 15.6 Å². The second-order valence-electron chi connectivity index (χ2n) is 4.63. The second-order valence-corrected chi connectivity index (χ2v) is 5.55. The molecule has 20 heavy (non-hydrogen) atoms. The van der Waals surface area contributed by atoms with Crippen LogP contribution in [-0.4, -0.2) is 12.2 Å². The van der Waals surface area contributed by atoms with E-state index in [0.29, 0.717) is 12.2 Å². The lowest BCUT2D eigenvalue weighted by molar-refractivity contribution is 0.174. The maximum Gasteiger partial charge on any atom is 0.126 e. The molecule has 0 amide bonds. The quantitative estimate of drug-likeness (QED) is 0.892. The van der Waals surface area contributed by atoms with Gasteiger partial charge in [0.05, 0.1) is 12.7 Å². The highest BCUT2D eigenvalue weighted by atomic mass is 79.9. The van der Waals surface area contributed by atoms with Gasteiger partial charge in [0.15, 0.2) is 0 Å². The number of hydrogen-bond donors (Lipinski definition) is 1. The van der Waals surface area contributed by atoms with E-state index in [2.05, 4.69) is 15.9 Å². The normalized spacial score (nSPS) is 12.4. The number of aliphatic hydroxyl groups is 1. The van der Waals surface area contributed by atoms with Gasteiger partial charge in [-0.25, -0.2) is 4.39 Å². The molecule has 0 bridgehead atoms. The van der Waals surface area contributed by atoms with Crippen molar-refractivity contribution in [2.75, 3.05) is 7.11 Å². The third kappa shape index (κ3) is 3.88. The molecule has 1 N–H and O–H groups in total. The van der Waals surface area contributed by atoms with E-state index in [4.69, 9.17) is 4.74 Å². The molecule has 1 atom stereocenters. The Balaban J connectivity index is 2.17. The van der Waals surface area contributed by atoms with Crippen molar-refractivity contribution in [1.82, 2.24) is 0 Å². The summed E-state index contributed by atoms with van der Waals surface area (Å²) in [5.41, 5.74) is 2.24. The number of ether oxygens (including phenoxy) is 1. The van der Waals surface area contributed by atoms with Gasteiger partial charge >= 0.3 is 0 Å². The third-order valence-corrected chi connectivity index (χ3v) is 3.56. The van der Waals surface area contributed by atoms with Crippen molar-refractivity contribution in [3.05, 3.63) is 69.4 Å². The van der Waals surface area contributed by atoms with Crippen LogP contribution >= 0.6 is 15.9 Å². The van der Waals surface area contributed by atoms with Crippen molar-refractivity contribution in [2.45, 2.75) is 19.1 Å². The molecular formula is C16H16BrFO2. The van der Waals surface area contributed by atoms with Crippen LogP contribution in [0.4, 0.5) is 4.39 Å². The molecule has 4 heteroatoms. The van der Waals surface area contributed by atoms with Gasteiger partial charge in [-0.3, -0.25) is 0 Å². The smallest absolute Gasteiger partial charge is 0.126 e. The van der Waals surface area contributed by atoms with E-state index in [1.54, 1.807) is 19.2 Å². The SMILES string of the molecule is COCc1cccc(C(O)Cc2cc(Br)ccc2F)c1. The number of hydrogen-bond acceptors (Lipinski definition) is 2. The van der Waals surface area contributed by atoms with Gasteiger partial charge < -0.3 is 9.84 Å². The Kier molecular flexibility index (Phi) is 5.29. The van der Waals surface area contributed by atoms with Gasteiger partial charge in [0.1, 0.15) is 5.82 Å². The summed E-state index contributed by atoms with van der Waals surface area (Å²) in [6, 6.07) is 12.2. The van der Waals surface area contributed by atoms with Crippen LogP contribution in [0.2, 0.25) is 0 Å². The lowest BCUT2D eigenvalue weighted by Gasteiger charge is -2.13. The van der Waals surface area contributed by atoms with Gasteiger partial charge in [0.25, 0.3) is 0 Å². The van der Waals surface area contributed by atoms with Crippen LogP contribution in [0.1, 0.15) is 22.8 Å². The molecule has 0 aliphatic rings. The van der Waals surface area contributed by atoms with Crippen molar-refractivity contribution in [2.24, 2.45) is 0 Å². The van der Waals surface area contributed by atoms with Gasteiger partial charge in [-0.2, -0.15) is 0 Å². The lowest BCUT2D eigenvalue weighted by Crippen LogP contribution is -2.04. The Bertz CT molecular complexity index is 586. The zero-order valence-electron chi connectivity index (χ0n) is 11.1. The maximum absolute atomic E-state index is 13.7. The molecule has 0 saturated heterocycles. The standard InChI is InChI=1S/C16H16BrFO2/c1-20-10-11-3-2-4-12(7-11)16(19)9-13-8-14(17)5-6-15(13)18/h2-8,16,19H,9-10H2,1H3. The first kappa shape index (κ1) is 15.2. The monoisotopic (exact) mass is 338 g/mol. The number of halogens is 2. The van der Waals surface area contributed by atoms with Crippen molar-refractivity contribution >= 4 is 15.9 Å². The van der Waals surface area contributed by atoms with Gasteiger partial charge in [-0.05, 0) is 34.9 Å². The highest BCUT2D eigenvalue weighted by Gasteiger charge is 2.12. The van der Waals surface area contributed by atoms with Gasteiger partial charge in [-0.15, -0.1) is 0 Å². The molecule has 0 aliphatic heterocycles. The summed E-state index contributed by atoms with van der Waals surface area (Å²) in [6.07, 6.45) is -0.502. The van der Waals surface area contributed by atoms with Crippen LogP contribution in [-0.2, 0) is 17.8 Å². The number of aliphatic hydroxyl groups excluding tert-OH is 1. The van der Waals surface area contributed by atoms with Crippen LogP contribution in [0, 0.1) is 5.82 Å². The molecule has 0 aromatic heterocycles. The van der Waals surface area contributed by atoms with Crippen LogP contribution < -0.4 is 0 Å². The summed E-state index contributed by atoms with van der Waals surface area (Å²) >= 11 is 3.31. The van der Waals surface area contributed by atoms with Crippen molar-refractivity contribution < 1.29 is 14.2 Å². The third-order valence-electron chi connectivity index (χ3n) is 3.07. The van der Waals surface area contributed by atoms with Crippen molar-refractivity contribution in [1.29, 1.82) is 0 Å². The fraction of sp³-hybridized carbons (Fsp3) is 0.250. The number of rotatable bonds is 5. The van der Waals surface area contributed by atoms with Gasteiger partial charge in [0, 0.05) is 18.0 Å². The fourth-order valence-electron chi connectivity index (χ4n) is 2.08. The average Bonchev–Trinajstić information content (AvgIpc) is 2.43. The molecule has 106 valence electrons. The average molecular weight is 339 g/mol.